The highest BCUT2D eigenvalue weighted by atomic mass is 32.2. The number of carbonyl (C=O) groups excluding carboxylic acids is 2. The summed E-state index contributed by atoms with van der Waals surface area (Å²) in [6.45, 7) is 0.548. The van der Waals surface area contributed by atoms with Gasteiger partial charge in [0, 0.05) is 11.9 Å². The van der Waals surface area contributed by atoms with Crippen molar-refractivity contribution in [2.24, 2.45) is 0 Å². The second-order valence-corrected chi connectivity index (χ2v) is 9.79. The van der Waals surface area contributed by atoms with Gasteiger partial charge in [0.2, 0.25) is 0 Å². The molecule has 2 aromatic carbocycles. The Morgan fingerprint density at radius 3 is 2.27 bits per heavy atom. The first-order chi connectivity index (χ1) is 15.2. The summed E-state index contributed by atoms with van der Waals surface area (Å²) in [5, 5.41) is 12.3. The number of halogens is 3. The number of fused-ring (bicyclic) bond motifs is 1. The Bertz CT molecular complexity index is 1190. The molecule has 2 N–H and O–H groups in total. The Balaban J connectivity index is 1.90. The van der Waals surface area contributed by atoms with Crippen molar-refractivity contribution in [3.63, 3.8) is 0 Å². The molecular weight excluding hydrogens is 465 g/mol. The highest BCUT2D eigenvalue weighted by Gasteiger charge is 2.51. The van der Waals surface area contributed by atoms with E-state index in [1.807, 2.05) is 0 Å². The predicted octanol–water partition coefficient (Wildman–Crippen LogP) is 3.12. The molecule has 0 saturated heterocycles. The molecule has 1 aliphatic heterocycles. The summed E-state index contributed by atoms with van der Waals surface area (Å²) >= 11 is 0. The lowest BCUT2D eigenvalue weighted by atomic mass is 9.95. The molecule has 0 aliphatic carbocycles. The molecule has 0 bridgehead atoms. The number of nitrogens with one attached hydrogen (secondary N) is 1. The first-order valence-electron chi connectivity index (χ1n) is 9.55. The van der Waals surface area contributed by atoms with Crippen molar-refractivity contribution in [1.29, 1.82) is 0 Å². The molecule has 2 amide bonds. The van der Waals surface area contributed by atoms with Gasteiger partial charge in [0.1, 0.15) is 6.04 Å². The van der Waals surface area contributed by atoms with E-state index in [0.717, 1.165) is 30.4 Å². The minimum atomic E-state index is -4.89. The number of alkyl halides is 3. The number of hydrogen-bond acceptors (Lipinski definition) is 6. The summed E-state index contributed by atoms with van der Waals surface area (Å²) in [7, 11) is -2.38. The number of carbonyl (C=O) groups is 2. The minimum absolute atomic E-state index is 0.0272. The molecule has 2 atom stereocenters. The summed E-state index contributed by atoms with van der Waals surface area (Å²) in [5.74, 6) is -0.679. The molecule has 8 nitrogen and oxygen atoms in total. The Labute approximate surface area is 187 Å². The zero-order chi connectivity index (χ0) is 24.8. The Kier molecular flexibility index (Phi) is 6.20. The average Bonchev–Trinajstić information content (AvgIpc) is 3.11. The van der Waals surface area contributed by atoms with E-state index >= 15 is 0 Å². The fourth-order valence-corrected chi connectivity index (χ4v) is 4.15. The van der Waals surface area contributed by atoms with Gasteiger partial charge in [0.15, 0.2) is 15.4 Å². The summed E-state index contributed by atoms with van der Waals surface area (Å²) in [6, 6.07) is 7.42. The molecule has 0 aromatic heterocycles. The number of nitrogens with zero attached hydrogens (tertiary/aromatic N) is 1. The number of hydrogen-bond donors (Lipinski definition) is 2. The number of benzene rings is 2. The predicted molar refractivity (Wildman–Crippen MR) is 111 cm³/mol. The standard InChI is InChI=1S/C21H21F3N2O6S/c1-20(29,21(22,23)24)13-4-6-14(7-5-13)25-18(27)17-16-9-8-15(33(3,30)31)10-12(16)11-26(17)19(28)32-2/h4-10,17,29H,11H2,1-3H3,(H,25,27). The molecule has 1 heterocycles. The fraction of sp³-hybridized carbons (Fsp3) is 0.333. The summed E-state index contributed by atoms with van der Waals surface area (Å²) < 4.78 is 67.5. The van der Waals surface area contributed by atoms with Crippen LogP contribution in [0.25, 0.3) is 0 Å². The number of methoxy groups -OCH3 is 1. The van der Waals surface area contributed by atoms with Crippen LogP contribution >= 0.6 is 0 Å². The van der Waals surface area contributed by atoms with Crippen LogP contribution in [0.4, 0.5) is 23.7 Å². The lowest BCUT2D eigenvalue weighted by molar-refractivity contribution is -0.258. The third-order valence-electron chi connectivity index (χ3n) is 5.41. The van der Waals surface area contributed by atoms with Crippen molar-refractivity contribution in [3.8, 4) is 0 Å². The van der Waals surface area contributed by atoms with Crippen LogP contribution in [0.1, 0.15) is 29.7 Å². The van der Waals surface area contributed by atoms with Crippen molar-refractivity contribution >= 4 is 27.5 Å². The summed E-state index contributed by atoms with van der Waals surface area (Å²) in [5.41, 5.74) is -2.52. The third kappa shape index (κ3) is 4.67. The van der Waals surface area contributed by atoms with Gasteiger partial charge in [-0.15, -0.1) is 0 Å². The maximum Gasteiger partial charge on any atom is 0.421 e. The number of rotatable bonds is 4. The SMILES string of the molecule is COC(=O)N1Cc2cc(S(C)(=O)=O)ccc2C1C(=O)Nc1ccc(C(C)(O)C(F)(F)F)cc1. The number of aliphatic hydroxyl groups is 1. The highest BCUT2D eigenvalue weighted by Crippen LogP contribution is 2.39. The van der Waals surface area contributed by atoms with E-state index in [1.54, 1.807) is 0 Å². The van der Waals surface area contributed by atoms with Crippen LogP contribution in [0.2, 0.25) is 0 Å². The second-order valence-electron chi connectivity index (χ2n) is 7.77. The van der Waals surface area contributed by atoms with Crippen LogP contribution < -0.4 is 5.32 Å². The maximum atomic E-state index is 13.0. The van der Waals surface area contributed by atoms with E-state index in [-0.39, 0.29) is 17.1 Å². The topological polar surface area (TPSA) is 113 Å². The van der Waals surface area contributed by atoms with Crippen LogP contribution in [-0.4, -0.2) is 50.0 Å². The maximum absolute atomic E-state index is 13.0. The van der Waals surface area contributed by atoms with Gasteiger partial charge in [0.05, 0.1) is 18.6 Å². The molecule has 0 fully saturated rings. The summed E-state index contributed by atoms with van der Waals surface area (Å²) in [6.07, 6.45) is -4.67. The number of amides is 2. The molecule has 2 aromatic rings. The quantitative estimate of drug-likeness (QED) is 0.687. The van der Waals surface area contributed by atoms with Crippen LogP contribution in [-0.2, 0) is 31.5 Å². The van der Waals surface area contributed by atoms with Crippen LogP contribution in [0.15, 0.2) is 47.4 Å². The monoisotopic (exact) mass is 486 g/mol. The fourth-order valence-electron chi connectivity index (χ4n) is 3.48. The van der Waals surface area contributed by atoms with Crippen LogP contribution in [0, 0.1) is 0 Å². The lowest BCUT2D eigenvalue weighted by Crippen LogP contribution is -2.39. The van der Waals surface area contributed by atoms with Gasteiger partial charge in [-0.25, -0.2) is 13.2 Å². The van der Waals surface area contributed by atoms with E-state index in [4.69, 9.17) is 4.74 Å². The Hall–Kier alpha value is -3.12. The Morgan fingerprint density at radius 1 is 1.15 bits per heavy atom. The molecule has 33 heavy (non-hydrogen) atoms. The third-order valence-corrected chi connectivity index (χ3v) is 6.52. The van der Waals surface area contributed by atoms with E-state index in [2.05, 4.69) is 5.32 Å². The van der Waals surface area contributed by atoms with Gasteiger partial charge < -0.3 is 15.2 Å². The summed E-state index contributed by atoms with van der Waals surface area (Å²) in [4.78, 5) is 26.4. The largest absolute Gasteiger partial charge is 0.453 e. The average molecular weight is 486 g/mol. The lowest BCUT2D eigenvalue weighted by Gasteiger charge is -2.27. The van der Waals surface area contributed by atoms with E-state index in [9.17, 15) is 36.3 Å². The van der Waals surface area contributed by atoms with Gasteiger partial charge >= 0.3 is 12.3 Å². The number of anilines is 1. The molecule has 2 unspecified atom stereocenters. The second kappa shape index (κ2) is 8.34. The van der Waals surface area contributed by atoms with E-state index in [1.165, 1.54) is 30.3 Å². The zero-order valence-corrected chi connectivity index (χ0v) is 18.6. The van der Waals surface area contributed by atoms with Crippen molar-refractivity contribution in [1.82, 2.24) is 4.90 Å². The smallest absolute Gasteiger partial charge is 0.421 e. The highest BCUT2D eigenvalue weighted by molar-refractivity contribution is 7.90. The molecule has 0 radical (unpaired) electrons. The van der Waals surface area contributed by atoms with Crippen LogP contribution in [0.3, 0.4) is 0 Å². The van der Waals surface area contributed by atoms with Gasteiger partial charge in [-0.1, -0.05) is 18.2 Å². The van der Waals surface area contributed by atoms with E-state index < -0.39 is 45.2 Å². The minimum Gasteiger partial charge on any atom is -0.453 e. The first kappa shape index (κ1) is 24.5. The number of ether oxygens (including phenoxy) is 1. The van der Waals surface area contributed by atoms with Crippen LogP contribution in [0.5, 0.6) is 0 Å². The molecule has 0 spiro atoms. The Morgan fingerprint density at radius 2 is 1.76 bits per heavy atom. The molecule has 12 heteroatoms. The normalized spacial score (nSPS) is 17.8. The first-order valence-corrected chi connectivity index (χ1v) is 11.4. The van der Waals surface area contributed by atoms with Gasteiger partial charge in [-0.05, 0) is 47.9 Å². The van der Waals surface area contributed by atoms with Crippen molar-refractivity contribution < 1.29 is 41.0 Å². The van der Waals surface area contributed by atoms with Crippen molar-refractivity contribution in [2.75, 3.05) is 18.7 Å². The molecule has 1 aliphatic rings. The number of sulfone groups is 1. The van der Waals surface area contributed by atoms with Crippen molar-refractivity contribution in [3.05, 3.63) is 59.2 Å². The van der Waals surface area contributed by atoms with Gasteiger partial charge in [0.25, 0.3) is 5.91 Å². The molecule has 3 rings (SSSR count). The van der Waals surface area contributed by atoms with Gasteiger partial charge in [-0.2, -0.15) is 13.2 Å². The molecule has 0 saturated carbocycles. The molecule has 178 valence electrons. The molecular formula is C21H21F3N2O6S. The van der Waals surface area contributed by atoms with Crippen molar-refractivity contribution in [2.45, 2.75) is 36.2 Å². The van der Waals surface area contributed by atoms with Gasteiger partial charge in [-0.3, -0.25) is 9.69 Å². The zero-order valence-electron chi connectivity index (χ0n) is 17.8. The van der Waals surface area contributed by atoms with E-state index in [0.29, 0.717) is 18.1 Å².